The molecule has 0 amide bonds. The first-order valence-corrected chi connectivity index (χ1v) is 12.6. The lowest BCUT2D eigenvalue weighted by atomic mass is 10.0. The summed E-state index contributed by atoms with van der Waals surface area (Å²) in [5.41, 5.74) is 2.15. The van der Waals surface area contributed by atoms with Gasteiger partial charge in [0.15, 0.2) is 5.11 Å². The van der Waals surface area contributed by atoms with Crippen LogP contribution >= 0.6 is 23.8 Å². The Morgan fingerprint density at radius 1 is 1.13 bits per heavy atom. The topological polar surface area (TPSA) is 97.1 Å². The number of methoxy groups -OCH3 is 1. The van der Waals surface area contributed by atoms with Crippen molar-refractivity contribution >= 4 is 40.6 Å². The van der Waals surface area contributed by atoms with Crippen molar-refractivity contribution in [2.24, 2.45) is 0 Å². The monoisotopic (exact) mass is 549 g/mol. The molecule has 194 valence electrons. The van der Waals surface area contributed by atoms with Gasteiger partial charge in [0.2, 0.25) is 0 Å². The summed E-state index contributed by atoms with van der Waals surface area (Å²) in [5, 5.41) is 13.9. The highest BCUT2D eigenvalue weighted by Crippen LogP contribution is 2.44. The van der Waals surface area contributed by atoms with Crippen molar-refractivity contribution in [1.29, 1.82) is 0 Å². The molecule has 0 radical (unpaired) electrons. The van der Waals surface area contributed by atoms with E-state index in [0.29, 0.717) is 46.2 Å². The Morgan fingerprint density at radius 2 is 1.95 bits per heavy atom. The van der Waals surface area contributed by atoms with Gasteiger partial charge in [-0.15, -0.1) is 0 Å². The van der Waals surface area contributed by atoms with Gasteiger partial charge in [0.1, 0.15) is 29.9 Å². The first-order valence-electron chi connectivity index (χ1n) is 11.8. The summed E-state index contributed by atoms with van der Waals surface area (Å²) in [5.74, 6) is 0.529. The highest BCUT2D eigenvalue weighted by Gasteiger charge is 2.42. The van der Waals surface area contributed by atoms with Gasteiger partial charge >= 0.3 is 5.97 Å². The Balaban J connectivity index is 1.55. The largest absolute Gasteiger partial charge is 0.490 e. The van der Waals surface area contributed by atoms with Crippen LogP contribution in [0.15, 0.2) is 83.4 Å². The summed E-state index contributed by atoms with van der Waals surface area (Å²) in [6, 6.07) is 20.7. The van der Waals surface area contributed by atoms with Crippen LogP contribution < -0.4 is 15.0 Å². The highest BCUT2D eigenvalue weighted by atomic mass is 35.5. The van der Waals surface area contributed by atoms with E-state index in [0.717, 1.165) is 11.4 Å². The summed E-state index contributed by atoms with van der Waals surface area (Å²) >= 11 is 12.3. The first-order chi connectivity index (χ1) is 18.5. The number of carboxylic acids is 1. The van der Waals surface area contributed by atoms with Crippen molar-refractivity contribution < 1.29 is 23.8 Å². The van der Waals surface area contributed by atoms with Gasteiger partial charge in [-0.05, 0) is 60.7 Å². The van der Waals surface area contributed by atoms with Crippen molar-refractivity contribution in [1.82, 2.24) is 10.3 Å². The fraction of sp³-hybridized carbons (Fsp3) is 0.179. The number of aromatic nitrogens is 1. The molecule has 10 heteroatoms. The van der Waals surface area contributed by atoms with Gasteiger partial charge in [-0.2, -0.15) is 0 Å². The maximum atomic E-state index is 11.8. The van der Waals surface area contributed by atoms with Gasteiger partial charge in [0.05, 0.1) is 28.9 Å². The Hall–Kier alpha value is -3.92. The summed E-state index contributed by atoms with van der Waals surface area (Å²) in [6.45, 7) is 0.814. The number of ether oxygens (including phenoxy) is 2. The van der Waals surface area contributed by atoms with Gasteiger partial charge in [-0.1, -0.05) is 35.9 Å². The zero-order chi connectivity index (χ0) is 26.6. The second-order valence-corrected chi connectivity index (χ2v) is 9.30. The Bertz CT molecular complexity index is 1460. The van der Waals surface area contributed by atoms with Gasteiger partial charge in [0, 0.05) is 24.6 Å². The highest BCUT2D eigenvalue weighted by molar-refractivity contribution is 7.80. The molecule has 8 nitrogen and oxygen atoms in total. The van der Waals surface area contributed by atoms with Crippen LogP contribution in [-0.2, 0) is 4.74 Å². The minimum Gasteiger partial charge on any atom is -0.490 e. The predicted molar refractivity (Wildman–Crippen MR) is 148 cm³/mol. The molecule has 1 aliphatic heterocycles. The molecule has 1 saturated heterocycles. The number of thiocarbonyl (C=S) groups is 1. The average molecular weight is 550 g/mol. The number of rotatable bonds is 9. The minimum absolute atomic E-state index is 0.155. The van der Waals surface area contributed by atoms with Gasteiger partial charge < -0.3 is 29.2 Å². The van der Waals surface area contributed by atoms with Crippen LogP contribution in [0.5, 0.6) is 5.75 Å². The summed E-state index contributed by atoms with van der Waals surface area (Å²) in [4.78, 5) is 18.3. The van der Waals surface area contributed by atoms with Gasteiger partial charge in [-0.3, -0.25) is 4.98 Å². The van der Waals surface area contributed by atoms with E-state index in [1.165, 1.54) is 0 Å². The third-order valence-corrected chi connectivity index (χ3v) is 6.79. The quantitative estimate of drug-likeness (QED) is 0.195. The van der Waals surface area contributed by atoms with Crippen molar-refractivity contribution in [3.63, 3.8) is 0 Å². The number of pyridine rings is 1. The van der Waals surface area contributed by atoms with Gasteiger partial charge in [0.25, 0.3) is 0 Å². The number of nitrogens with zero attached hydrogens (tertiary/aromatic N) is 2. The molecule has 0 spiro atoms. The smallest absolute Gasteiger partial charge is 0.336 e. The van der Waals surface area contributed by atoms with E-state index in [-0.39, 0.29) is 11.6 Å². The van der Waals surface area contributed by atoms with Crippen LogP contribution in [-0.4, -0.2) is 41.5 Å². The van der Waals surface area contributed by atoms with E-state index in [4.69, 9.17) is 37.7 Å². The predicted octanol–water partition coefficient (Wildman–Crippen LogP) is 5.90. The Kier molecular flexibility index (Phi) is 7.59. The van der Waals surface area contributed by atoms with Crippen molar-refractivity contribution in [2.75, 3.05) is 25.2 Å². The lowest BCUT2D eigenvalue weighted by Gasteiger charge is -2.26. The molecule has 0 unspecified atom stereocenters. The molecule has 0 aliphatic carbocycles. The second kappa shape index (κ2) is 11.2. The molecule has 1 fully saturated rings. The van der Waals surface area contributed by atoms with Crippen LogP contribution in [0.3, 0.4) is 0 Å². The number of halogens is 1. The molecular formula is C28H24ClN3O5S. The maximum absolute atomic E-state index is 11.8. The molecule has 4 aromatic rings. The van der Waals surface area contributed by atoms with Gasteiger partial charge in [-0.25, -0.2) is 4.79 Å². The molecule has 38 heavy (non-hydrogen) atoms. The van der Waals surface area contributed by atoms with Crippen molar-refractivity contribution in [3.05, 3.63) is 101 Å². The standard InChI is InChI=1S/C28H24ClN3O5S/c1-35-14-15-36-23-10-9-17(16-20(23)29)32-26(25(31-28(32)38)21-8-4-5-13-30-21)24-12-11-22(37-24)18-6-2-3-7-19(18)27(33)34/h2-13,16,25-26H,14-15H2,1H3,(H,31,38)(H,33,34)/t25-,26+/m1/s1. The first kappa shape index (κ1) is 25.7. The fourth-order valence-corrected chi connectivity index (χ4v) is 5.03. The molecule has 5 rings (SSSR count). The number of carbonyl (C=O) groups is 1. The zero-order valence-corrected chi connectivity index (χ0v) is 21.9. The maximum Gasteiger partial charge on any atom is 0.336 e. The number of anilines is 1. The van der Waals surface area contributed by atoms with E-state index >= 15 is 0 Å². The second-order valence-electron chi connectivity index (χ2n) is 8.51. The van der Waals surface area contributed by atoms with E-state index in [2.05, 4.69) is 10.3 Å². The van der Waals surface area contributed by atoms with Crippen molar-refractivity contribution in [2.45, 2.75) is 12.1 Å². The normalized spacial score (nSPS) is 16.9. The summed E-state index contributed by atoms with van der Waals surface area (Å²) in [6.07, 6.45) is 1.72. The SMILES string of the molecule is COCCOc1ccc(N2C(=S)N[C@H](c3ccccn3)[C@@H]2c2ccc(-c3ccccc3C(=O)O)o2)cc1Cl. The van der Waals surface area contributed by atoms with E-state index in [1.807, 2.05) is 35.2 Å². The lowest BCUT2D eigenvalue weighted by Crippen LogP contribution is -2.29. The summed E-state index contributed by atoms with van der Waals surface area (Å²) in [7, 11) is 1.61. The number of hydrogen-bond donors (Lipinski definition) is 2. The van der Waals surface area contributed by atoms with Crippen LogP contribution in [0.25, 0.3) is 11.3 Å². The number of carboxylic acid groups (broad SMARTS) is 1. The van der Waals surface area contributed by atoms with Crippen LogP contribution in [0, 0.1) is 0 Å². The van der Waals surface area contributed by atoms with E-state index < -0.39 is 12.0 Å². The molecule has 0 bridgehead atoms. The van der Waals surface area contributed by atoms with Crippen molar-refractivity contribution in [3.8, 4) is 17.1 Å². The van der Waals surface area contributed by atoms with Crippen LogP contribution in [0.2, 0.25) is 5.02 Å². The molecule has 1 aliphatic rings. The number of furan rings is 1. The van der Waals surface area contributed by atoms with Crippen LogP contribution in [0.1, 0.15) is 33.9 Å². The Morgan fingerprint density at radius 3 is 2.68 bits per heavy atom. The fourth-order valence-electron chi connectivity index (χ4n) is 4.45. The van der Waals surface area contributed by atoms with Crippen LogP contribution in [0.4, 0.5) is 5.69 Å². The molecule has 2 aromatic heterocycles. The molecule has 2 N–H and O–H groups in total. The molecule has 2 atom stereocenters. The van der Waals surface area contributed by atoms with E-state index in [9.17, 15) is 9.90 Å². The molecule has 0 saturated carbocycles. The number of aromatic carboxylic acids is 1. The molecular weight excluding hydrogens is 526 g/mol. The zero-order valence-electron chi connectivity index (χ0n) is 20.3. The number of benzene rings is 2. The Labute approximate surface area is 229 Å². The summed E-state index contributed by atoms with van der Waals surface area (Å²) < 4.78 is 17.1. The van der Waals surface area contributed by atoms with E-state index in [1.54, 1.807) is 55.8 Å². The molecule has 3 heterocycles. The third kappa shape index (κ3) is 5.08. The third-order valence-electron chi connectivity index (χ3n) is 6.18. The lowest BCUT2D eigenvalue weighted by molar-refractivity contribution is 0.0697. The molecule has 2 aromatic carbocycles. The number of hydrogen-bond acceptors (Lipinski definition) is 6. The average Bonchev–Trinajstić information content (AvgIpc) is 3.55. The minimum atomic E-state index is -1.03. The number of nitrogens with one attached hydrogen (secondary N) is 1.